The van der Waals surface area contributed by atoms with Crippen LogP contribution in [0.5, 0.6) is 17.2 Å². The van der Waals surface area contributed by atoms with Crippen LogP contribution in [0.15, 0.2) is 12.1 Å². The number of benzene rings is 1. The molecule has 0 aliphatic carbocycles. The molecule has 2 saturated heterocycles. The van der Waals surface area contributed by atoms with Crippen LogP contribution in [0.1, 0.15) is 10.4 Å². The topological polar surface area (TPSA) is 223 Å². The number of esters is 1. The summed E-state index contributed by atoms with van der Waals surface area (Å²) < 4.78 is 37.2. The van der Waals surface area contributed by atoms with E-state index < -0.39 is 80.6 Å². The largest absolute Gasteiger partial charge is 0.493 e. The van der Waals surface area contributed by atoms with E-state index in [1.54, 1.807) is 0 Å². The van der Waals surface area contributed by atoms with E-state index in [2.05, 4.69) is 0 Å². The summed E-state index contributed by atoms with van der Waals surface area (Å²) >= 11 is 0. The Morgan fingerprint density at radius 3 is 1.81 bits per heavy atom. The van der Waals surface area contributed by atoms with Crippen LogP contribution in [0.25, 0.3) is 0 Å². The first kappa shape index (κ1) is 29.2. The summed E-state index contributed by atoms with van der Waals surface area (Å²) in [6, 6.07) is 2.59. The van der Waals surface area contributed by atoms with E-state index in [1.165, 1.54) is 33.5 Å². The summed E-state index contributed by atoms with van der Waals surface area (Å²) in [7, 11) is 3.77. The highest BCUT2D eigenvalue weighted by molar-refractivity contribution is 5.91. The number of hydrogen-bond acceptors (Lipinski definition) is 15. The SMILES string of the molecule is COC(=O)c1cc(OC)c(OC2OC(COC3OC(CO)C(O)C(O)C3O)C(O)C(O)C2O)c(OC)c1. The van der Waals surface area contributed by atoms with Crippen LogP contribution in [0.4, 0.5) is 0 Å². The molecular formula is C22H32O15. The molecule has 0 amide bonds. The molecule has 3 rings (SSSR count). The molecule has 10 unspecified atom stereocenters. The number of rotatable bonds is 9. The third-order valence-corrected chi connectivity index (χ3v) is 6.06. The first-order valence-corrected chi connectivity index (χ1v) is 11.2. The zero-order chi connectivity index (χ0) is 27.4. The molecule has 37 heavy (non-hydrogen) atoms. The third kappa shape index (κ3) is 6.06. The molecule has 15 heteroatoms. The molecule has 2 heterocycles. The van der Waals surface area contributed by atoms with E-state index in [1.807, 2.05) is 0 Å². The van der Waals surface area contributed by atoms with Crippen molar-refractivity contribution in [2.75, 3.05) is 34.5 Å². The van der Waals surface area contributed by atoms with Gasteiger partial charge >= 0.3 is 5.97 Å². The standard InChI is InChI=1S/C22H32O15/c1-31-9-4-8(20(30)33-3)5-10(32-2)19(9)37-22-18(29)16(27)14(25)12(36-22)7-34-21-17(28)15(26)13(24)11(6-23)35-21/h4-5,11-18,21-29H,6-7H2,1-3H3. The van der Waals surface area contributed by atoms with E-state index in [4.69, 9.17) is 33.2 Å². The highest BCUT2D eigenvalue weighted by Crippen LogP contribution is 2.40. The Balaban J connectivity index is 1.77. The van der Waals surface area contributed by atoms with Crippen molar-refractivity contribution in [1.82, 2.24) is 0 Å². The Hall–Kier alpha value is -2.31. The fourth-order valence-corrected chi connectivity index (χ4v) is 3.89. The van der Waals surface area contributed by atoms with Crippen LogP contribution in [0.3, 0.4) is 0 Å². The molecule has 2 aliphatic rings. The van der Waals surface area contributed by atoms with Crippen molar-refractivity contribution in [3.63, 3.8) is 0 Å². The molecule has 2 aliphatic heterocycles. The maximum absolute atomic E-state index is 11.9. The van der Waals surface area contributed by atoms with Crippen molar-refractivity contribution in [2.24, 2.45) is 0 Å². The lowest BCUT2D eigenvalue weighted by Gasteiger charge is -2.42. The molecule has 0 bridgehead atoms. The fraction of sp³-hybridized carbons (Fsp3) is 0.682. The first-order valence-electron chi connectivity index (χ1n) is 11.2. The lowest BCUT2D eigenvalue weighted by Crippen LogP contribution is -2.62. The molecule has 7 N–H and O–H groups in total. The van der Waals surface area contributed by atoms with Crippen LogP contribution in [0, 0.1) is 0 Å². The Kier molecular flexibility index (Phi) is 9.87. The Labute approximate surface area is 211 Å². The number of hydrogen-bond donors (Lipinski definition) is 7. The van der Waals surface area contributed by atoms with Gasteiger partial charge in [-0.1, -0.05) is 0 Å². The lowest BCUT2D eigenvalue weighted by molar-refractivity contribution is -0.323. The zero-order valence-corrected chi connectivity index (χ0v) is 20.2. The van der Waals surface area contributed by atoms with Gasteiger partial charge in [0.05, 0.1) is 40.1 Å². The van der Waals surface area contributed by atoms with Gasteiger partial charge in [0.1, 0.15) is 48.8 Å². The molecule has 15 nitrogen and oxygen atoms in total. The molecule has 1 aromatic rings. The van der Waals surface area contributed by atoms with E-state index in [0.29, 0.717) is 0 Å². The number of carbonyl (C=O) groups is 1. The number of methoxy groups -OCH3 is 3. The van der Waals surface area contributed by atoms with Crippen molar-refractivity contribution < 1.29 is 73.7 Å². The molecule has 0 aromatic heterocycles. The third-order valence-electron chi connectivity index (χ3n) is 6.06. The quantitative estimate of drug-likeness (QED) is 0.152. The Bertz CT molecular complexity index is 885. The summed E-state index contributed by atoms with van der Waals surface area (Å²) in [5.74, 6) is -0.768. The summed E-state index contributed by atoms with van der Waals surface area (Å²) in [5.41, 5.74) is 0.0786. The molecular weight excluding hydrogens is 504 g/mol. The number of aliphatic hydroxyl groups excluding tert-OH is 7. The second kappa shape index (κ2) is 12.5. The maximum atomic E-state index is 11.9. The number of ether oxygens (including phenoxy) is 7. The minimum Gasteiger partial charge on any atom is -0.493 e. The highest BCUT2D eigenvalue weighted by atomic mass is 16.7. The van der Waals surface area contributed by atoms with Gasteiger partial charge in [-0.05, 0) is 12.1 Å². The predicted octanol–water partition coefficient (Wildman–Crippen LogP) is -3.51. The minimum atomic E-state index is -1.77. The fourth-order valence-electron chi connectivity index (χ4n) is 3.89. The van der Waals surface area contributed by atoms with Crippen LogP contribution in [0.2, 0.25) is 0 Å². The average Bonchev–Trinajstić information content (AvgIpc) is 2.91. The number of aliphatic hydroxyl groups is 7. The van der Waals surface area contributed by atoms with E-state index in [-0.39, 0.29) is 22.8 Å². The summed E-state index contributed by atoms with van der Waals surface area (Å²) in [5, 5.41) is 70.5. The van der Waals surface area contributed by atoms with Gasteiger partial charge in [0.2, 0.25) is 12.0 Å². The Morgan fingerprint density at radius 1 is 0.784 bits per heavy atom. The minimum absolute atomic E-state index is 0.00489. The van der Waals surface area contributed by atoms with Gasteiger partial charge in [0.15, 0.2) is 17.8 Å². The molecule has 0 radical (unpaired) electrons. The molecule has 1 aromatic carbocycles. The molecule has 210 valence electrons. The summed E-state index contributed by atoms with van der Waals surface area (Å²) in [6.07, 6.45) is -15.9. The van der Waals surface area contributed by atoms with Gasteiger partial charge in [0.25, 0.3) is 0 Å². The second-order valence-corrected chi connectivity index (χ2v) is 8.36. The van der Waals surface area contributed by atoms with Crippen LogP contribution in [-0.2, 0) is 18.9 Å². The lowest BCUT2D eigenvalue weighted by atomic mass is 9.98. The van der Waals surface area contributed by atoms with Gasteiger partial charge in [-0.25, -0.2) is 4.79 Å². The van der Waals surface area contributed by atoms with Gasteiger partial charge in [-0.2, -0.15) is 0 Å². The first-order chi connectivity index (χ1) is 17.6. The second-order valence-electron chi connectivity index (χ2n) is 8.36. The predicted molar refractivity (Wildman–Crippen MR) is 118 cm³/mol. The van der Waals surface area contributed by atoms with Gasteiger partial charge in [-0.3, -0.25) is 0 Å². The van der Waals surface area contributed by atoms with Crippen LogP contribution in [-0.4, -0.2) is 138 Å². The van der Waals surface area contributed by atoms with Gasteiger partial charge < -0.3 is 68.9 Å². The molecule has 2 fully saturated rings. The number of carbonyl (C=O) groups excluding carboxylic acids is 1. The van der Waals surface area contributed by atoms with Crippen LogP contribution >= 0.6 is 0 Å². The van der Waals surface area contributed by atoms with Gasteiger partial charge in [-0.15, -0.1) is 0 Å². The molecule has 0 spiro atoms. The zero-order valence-electron chi connectivity index (χ0n) is 20.2. The van der Waals surface area contributed by atoms with Crippen molar-refractivity contribution in [1.29, 1.82) is 0 Å². The molecule has 10 atom stereocenters. The maximum Gasteiger partial charge on any atom is 0.338 e. The average molecular weight is 536 g/mol. The van der Waals surface area contributed by atoms with Crippen molar-refractivity contribution in [2.45, 2.75) is 61.4 Å². The Morgan fingerprint density at radius 2 is 1.30 bits per heavy atom. The highest BCUT2D eigenvalue weighted by Gasteiger charge is 2.48. The summed E-state index contributed by atoms with van der Waals surface area (Å²) in [6.45, 7) is -1.21. The van der Waals surface area contributed by atoms with E-state index in [0.717, 1.165) is 0 Å². The monoisotopic (exact) mass is 536 g/mol. The molecule has 0 saturated carbocycles. The summed E-state index contributed by atoms with van der Waals surface area (Å²) in [4.78, 5) is 11.9. The van der Waals surface area contributed by atoms with Crippen molar-refractivity contribution >= 4 is 5.97 Å². The van der Waals surface area contributed by atoms with Gasteiger partial charge in [0, 0.05) is 0 Å². The normalized spacial score (nSPS) is 36.1. The van der Waals surface area contributed by atoms with Crippen molar-refractivity contribution in [3.05, 3.63) is 17.7 Å². The van der Waals surface area contributed by atoms with Crippen LogP contribution < -0.4 is 14.2 Å². The van der Waals surface area contributed by atoms with E-state index in [9.17, 15) is 40.5 Å². The van der Waals surface area contributed by atoms with Crippen molar-refractivity contribution in [3.8, 4) is 17.2 Å². The smallest absolute Gasteiger partial charge is 0.338 e. The van der Waals surface area contributed by atoms with E-state index >= 15 is 0 Å².